The summed E-state index contributed by atoms with van der Waals surface area (Å²) in [6.07, 6.45) is 4.05. The van der Waals surface area contributed by atoms with Gasteiger partial charge in [0.05, 0.1) is 6.10 Å². The standard InChI is InChI=1S/C18H23NO/c1-14(19-12-11-16-8-5-13-20-16)17-10-4-7-15-6-2-3-9-18(15)17/h2-4,6-7,9-10,14,16,19H,5,8,11-13H2,1H3/t14-,16-/m1/s1. The molecule has 0 amide bonds. The molecule has 20 heavy (non-hydrogen) atoms. The Morgan fingerprint density at radius 1 is 1.20 bits per heavy atom. The second-order valence-electron chi connectivity index (χ2n) is 5.67. The van der Waals surface area contributed by atoms with E-state index < -0.39 is 0 Å². The van der Waals surface area contributed by atoms with Gasteiger partial charge in [-0.1, -0.05) is 42.5 Å². The number of hydrogen-bond donors (Lipinski definition) is 1. The third-order valence-corrected chi connectivity index (χ3v) is 4.23. The molecule has 1 N–H and O–H groups in total. The molecular formula is C18H23NO. The first-order valence-electron chi connectivity index (χ1n) is 7.67. The van der Waals surface area contributed by atoms with Crippen molar-refractivity contribution >= 4 is 10.8 Å². The predicted molar refractivity (Wildman–Crippen MR) is 84.0 cm³/mol. The Morgan fingerprint density at radius 3 is 2.90 bits per heavy atom. The summed E-state index contributed by atoms with van der Waals surface area (Å²) in [6, 6.07) is 15.5. The first-order chi connectivity index (χ1) is 9.84. The monoisotopic (exact) mass is 269 g/mol. The van der Waals surface area contributed by atoms with Crippen LogP contribution in [0.2, 0.25) is 0 Å². The molecule has 1 aliphatic heterocycles. The van der Waals surface area contributed by atoms with Crippen molar-refractivity contribution in [3.8, 4) is 0 Å². The van der Waals surface area contributed by atoms with E-state index in [1.807, 2.05) is 0 Å². The second-order valence-corrected chi connectivity index (χ2v) is 5.67. The van der Waals surface area contributed by atoms with Crippen LogP contribution in [0.25, 0.3) is 10.8 Å². The minimum absolute atomic E-state index is 0.377. The van der Waals surface area contributed by atoms with Crippen molar-refractivity contribution in [1.82, 2.24) is 5.32 Å². The lowest BCUT2D eigenvalue weighted by atomic mass is 9.99. The largest absolute Gasteiger partial charge is 0.378 e. The summed E-state index contributed by atoms with van der Waals surface area (Å²) in [6.45, 7) is 4.22. The number of fused-ring (bicyclic) bond motifs is 1. The first-order valence-corrected chi connectivity index (χ1v) is 7.67. The topological polar surface area (TPSA) is 21.3 Å². The second kappa shape index (κ2) is 6.38. The highest BCUT2D eigenvalue weighted by Gasteiger charge is 2.15. The molecule has 3 rings (SSSR count). The number of rotatable bonds is 5. The van der Waals surface area contributed by atoms with Gasteiger partial charge in [0.15, 0.2) is 0 Å². The Morgan fingerprint density at radius 2 is 2.05 bits per heavy atom. The molecule has 0 spiro atoms. The average molecular weight is 269 g/mol. The van der Waals surface area contributed by atoms with Crippen molar-refractivity contribution < 1.29 is 4.74 Å². The van der Waals surface area contributed by atoms with Crippen LogP contribution in [0, 0.1) is 0 Å². The molecule has 1 saturated heterocycles. The number of ether oxygens (including phenoxy) is 1. The van der Waals surface area contributed by atoms with E-state index in [4.69, 9.17) is 4.74 Å². The van der Waals surface area contributed by atoms with Gasteiger partial charge in [0, 0.05) is 12.6 Å². The molecule has 0 aromatic heterocycles. The third kappa shape index (κ3) is 3.02. The van der Waals surface area contributed by atoms with Gasteiger partial charge < -0.3 is 10.1 Å². The van der Waals surface area contributed by atoms with Crippen LogP contribution in [-0.2, 0) is 4.74 Å². The fraction of sp³-hybridized carbons (Fsp3) is 0.444. The number of hydrogen-bond acceptors (Lipinski definition) is 2. The van der Waals surface area contributed by atoms with Crippen molar-refractivity contribution in [2.24, 2.45) is 0 Å². The van der Waals surface area contributed by atoms with E-state index in [0.29, 0.717) is 12.1 Å². The quantitative estimate of drug-likeness (QED) is 0.884. The van der Waals surface area contributed by atoms with E-state index in [2.05, 4.69) is 54.7 Å². The normalized spacial score (nSPS) is 20.4. The molecular weight excluding hydrogens is 246 g/mol. The Kier molecular flexibility index (Phi) is 4.34. The van der Waals surface area contributed by atoms with E-state index in [1.165, 1.54) is 29.2 Å². The lowest BCUT2D eigenvalue weighted by Gasteiger charge is -2.18. The van der Waals surface area contributed by atoms with Gasteiger partial charge in [-0.3, -0.25) is 0 Å². The molecule has 0 radical (unpaired) electrons. The molecule has 2 heteroatoms. The van der Waals surface area contributed by atoms with Crippen LogP contribution in [-0.4, -0.2) is 19.3 Å². The van der Waals surface area contributed by atoms with Crippen molar-refractivity contribution in [1.29, 1.82) is 0 Å². The summed E-state index contributed by atoms with van der Waals surface area (Å²) in [5, 5.41) is 6.31. The fourth-order valence-corrected chi connectivity index (χ4v) is 3.07. The van der Waals surface area contributed by atoms with Crippen LogP contribution in [0.5, 0.6) is 0 Å². The van der Waals surface area contributed by atoms with E-state index in [0.717, 1.165) is 19.6 Å². The van der Waals surface area contributed by atoms with E-state index >= 15 is 0 Å². The van der Waals surface area contributed by atoms with Gasteiger partial charge in [0.2, 0.25) is 0 Å². The maximum Gasteiger partial charge on any atom is 0.0588 e. The molecule has 2 aromatic rings. The summed E-state index contributed by atoms with van der Waals surface area (Å²) < 4.78 is 5.67. The summed E-state index contributed by atoms with van der Waals surface area (Å²) in [5.74, 6) is 0. The number of benzene rings is 2. The molecule has 2 nitrogen and oxygen atoms in total. The van der Waals surface area contributed by atoms with Crippen LogP contribution in [0.15, 0.2) is 42.5 Å². The summed E-state index contributed by atoms with van der Waals surface area (Å²) >= 11 is 0. The van der Waals surface area contributed by atoms with Crippen molar-refractivity contribution in [3.05, 3.63) is 48.0 Å². The maximum absolute atomic E-state index is 5.67. The Balaban J connectivity index is 1.64. The fourth-order valence-electron chi connectivity index (χ4n) is 3.07. The van der Waals surface area contributed by atoms with Gasteiger partial charge in [0.25, 0.3) is 0 Å². The lowest BCUT2D eigenvalue weighted by Crippen LogP contribution is -2.23. The minimum atomic E-state index is 0.377. The summed E-state index contributed by atoms with van der Waals surface area (Å²) in [7, 11) is 0. The minimum Gasteiger partial charge on any atom is -0.378 e. The van der Waals surface area contributed by atoms with Gasteiger partial charge in [-0.2, -0.15) is 0 Å². The van der Waals surface area contributed by atoms with Gasteiger partial charge in [0.1, 0.15) is 0 Å². The highest BCUT2D eigenvalue weighted by molar-refractivity contribution is 5.86. The van der Waals surface area contributed by atoms with Crippen LogP contribution >= 0.6 is 0 Å². The van der Waals surface area contributed by atoms with Crippen LogP contribution in [0.4, 0.5) is 0 Å². The van der Waals surface area contributed by atoms with E-state index in [9.17, 15) is 0 Å². The smallest absolute Gasteiger partial charge is 0.0588 e. The van der Waals surface area contributed by atoms with Crippen LogP contribution in [0.1, 0.15) is 37.8 Å². The third-order valence-electron chi connectivity index (χ3n) is 4.23. The van der Waals surface area contributed by atoms with Gasteiger partial charge in [-0.25, -0.2) is 0 Å². The van der Waals surface area contributed by atoms with Crippen LogP contribution < -0.4 is 5.32 Å². The Labute approximate surface area is 121 Å². The average Bonchev–Trinajstić information content (AvgIpc) is 3.00. The van der Waals surface area contributed by atoms with E-state index in [-0.39, 0.29) is 0 Å². The summed E-state index contributed by atoms with van der Waals surface area (Å²) in [5.41, 5.74) is 1.38. The molecule has 1 aliphatic rings. The van der Waals surface area contributed by atoms with Crippen molar-refractivity contribution in [3.63, 3.8) is 0 Å². The lowest BCUT2D eigenvalue weighted by molar-refractivity contribution is 0.103. The molecule has 1 heterocycles. The molecule has 1 fully saturated rings. The summed E-state index contributed by atoms with van der Waals surface area (Å²) in [4.78, 5) is 0. The first kappa shape index (κ1) is 13.6. The molecule has 2 aromatic carbocycles. The zero-order valence-corrected chi connectivity index (χ0v) is 12.1. The van der Waals surface area contributed by atoms with Gasteiger partial charge in [-0.05, 0) is 49.1 Å². The van der Waals surface area contributed by atoms with Crippen molar-refractivity contribution in [2.45, 2.75) is 38.3 Å². The molecule has 0 bridgehead atoms. The van der Waals surface area contributed by atoms with Crippen LogP contribution in [0.3, 0.4) is 0 Å². The maximum atomic E-state index is 5.67. The molecule has 106 valence electrons. The Bertz CT molecular complexity index is 555. The molecule has 0 aliphatic carbocycles. The van der Waals surface area contributed by atoms with Gasteiger partial charge >= 0.3 is 0 Å². The molecule has 0 unspecified atom stereocenters. The zero-order chi connectivity index (χ0) is 13.8. The molecule has 2 atom stereocenters. The highest BCUT2D eigenvalue weighted by Crippen LogP contribution is 2.24. The zero-order valence-electron chi connectivity index (χ0n) is 12.1. The highest BCUT2D eigenvalue weighted by atomic mass is 16.5. The number of nitrogens with one attached hydrogen (secondary N) is 1. The predicted octanol–water partition coefficient (Wildman–Crippen LogP) is 4.06. The van der Waals surface area contributed by atoms with Gasteiger partial charge in [-0.15, -0.1) is 0 Å². The van der Waals surface area contributed by atoms with E-state index in [1.54, 1.807) is 0 Å². The Hall–Kier alpha value is -1.38. The SMILES string of the molecule is C[C@@H](NCC[C@H]1CCCO1)c1cccc2ccccc12. The molecule has 0 saturated carbocycles. The van der Waals surface area contributed by atoms with Crippen molar-refractivity contribution in [2.75, 3.05) is 13.2 Å².